The number of aromatic amines is 1. The van der Waals surface area contributed by atoms with Crippen LogP contribution in [-0.2, 0) is 23.8 Å². The number of rotatable bonds is 6. The second-order valence-electron chi connectivity index (χ2n) is 10.9. The van der Waals surface area contributed by atoms with E-state index in [-0.39, 0.29) is 23.6 Å². The van der Waals surface area contributed by atoms with E-state index >= 15 is 0 Å². The van der Waals surface area contributed by atoms with Crippen LogP contribution in [0.25, 0.3) is 17.1 Å². The molecule has 0 aliphatic carbocycles. The van der Waals surface area contributed by atoms with Crippen molar-refractivity contribution in [2.45, 2.75) is 44.8 Å². The van der Waals surface area contributed by atoms with Crippen molar-refractivity contribution in [1.29, 1.82) is 0 Å². The maximum Gasteiger partial charge on any atom is 0.416 e. The van der Waals surface area contributed by atoms with Crippen LogP contribution in [-0.4, -0.2) is 39.6 Å². The van der Waals surface area contributed by atoms with Crippen molar-refractivity contribution in [2.24, 2.45) is 4.99 Å². The number of benzene rings is 3. The first-order chi connectivity index (χ1) is 21.8. The molecule has 4 aromatic rings. The number of carbonyl (C=O) groups excluding carboxylic acids is 1. The maximum absolute atomic E-state index is 13.6. The third-order valence-corrected chi connectivity index (χ3v) is 8.71. The topological polar surface area (TPSA) is 79.8 Å². The number of aryl methyl sites for hydroxylation is 1. The third-order valence-electron chi connectivity index (χ3n) is 7.69. The smallest absolute Gasteiger partial charge is 0.416 e. The number of ether oxygens (including phenoxy) is 2. The first kappa shape index (κ1) is 31.5. The summed E-state index contributed by atoms with van der Waals surface area (Å²) < 4.78 is 90.7. The molecule has 6 rings (SSSR count). The number of nitrogens with zero attached hydrogens (tertiary/aromatic N) is 3. The van der Waals surface area contributed by atoms with Gasteiger partial charge in [0, 0.05) is 12.1 Å². The van der Waals surface area contributed by atoms with E-state index in [2.05, 4.69) is 14.9 Å². The van der Waals surface area contributed by atoms with Crippen LogP contribution in [0.4, 0.5) is 26.3 Å². The summed E-state index contributed by atoms with van der Waals surface area (Å²) in [7, 11) is 1.34. The fourth-order valence-electron chi connectivity index (χ4n) is 5.44. The number of H-pyrrole nitrogens is 1. The molecule has 0 spiro atoms. The number of amides is 1. The Morgan fingerprint density at radius 2 is 1.83 bits per heavy atom. The molecule has 1 atom stereocenters. The third kappa shape index (κ3) is 6.43. The van der Waals surface area contributed by atoms with Gasteiger partial charge in [-0.2, -0.15) is 31.3 Å². The average Bonchev–Trinajstić information content (AvgIpc) is 3.73. The minimum Gasteiger partial charge on any atom is -0.493 e. The van der Waals surface area contributed by atoms with Gasteiger partial charge in [-0.1, -0.05) is 18.2 Å². The number of hydrogen-bond donors (Lipinski definition) is 1. The zero-order valence-electron chi connectivity index (χ0n) is 24.4. The molecule has 1 amide bonds. The highest BCUT2D eigenvalue weighted by Crippen LogP contribution is 2.41. The quantitative estimate of drug-likeness (QED) is 0.166. The Morgan fingerprint density at radius 3 is 2.57 bits per heavy atom. The van der Waals surface area contributed by atoms with Gasteiger partial charge in [-0.05, 0) is 85.1 Å². The predicted molar refractivity (Wildman–Crippen MR) is 161 cm³/mol. The van der Waals surface area contributed by atoms with Gasteiger partial charge in [0.1, 0.15) is 12.4 Å². The summed E-state index contributed by atoms with van der Waals surface area (Å²) in [6.45, 7) is 2.07. The lowest BCUT2D eigenvalue weighted by atomic mass is 10.0. The maximum atomic E-state index is 13.6. The molecule has 14 heteroatoms. The highest BCUT2D eigenvalue weighted by Gasteiger charge is 2.38. The summed E-state index contributed by atoms with van der Waals surface area (Å²) in [4.78, 5) is 27.8. The molecule has 0 bridgehead atoms. The highest BCUT2D eigenvalue weighted by molar-refractivity contribution is 8.18. The van der Waals surface area contributed by atoms with Crippen molar-refractivity contribution in [3.8, 4) is 11.5 Å². The number of aromatic nitrogens is 2. The molecule has 46 heavy (non-hydrogen) atoms. The number of nitrogens with one attached hydrogen (secondary N) is 1. The van der Waals surface area contributed by atoms with E-state index in [4.69, 9.17) is 14.5 Å². The average molecular weight is 661 g/mol. The zero-order chi connectivity index (χ0) is 32.8. The van der Waals surface area contributed by atoms with E-state index < -0.39 is 41.6 Å². The highest BCUT2D eigenvalue weighted by atomic mass is 32.2. The Labute approximate surface area is 263 Å². The Kier molecular flexibility index (Phi) is 8.25. The van der Waals surface area contributed by atoms with E-state index in [1.54, 1.807) is 18.2 Å². The molecule has 240 valence electrons. The van der Waals surface area contributed by atoms with Gasteiger partial charge in [-0.15, -0.1) is 0 Å². The van der Waals surface area contributed by atoms with Crippen molar-refractivity contribution in [3.05, 3.63) is 93.1 Å². The number of thioether (sulfide) groups is 1. The normalized spacial score (nSPS) is 18.1. The van der Waals surface area contributed by atoms with E-state index in [0.717, 1.165) is 41.3 Å². The summed E-state index contributed by atoms with van der Waals surface area (Å²) in [5.74, 6) is 0.629. The van der Waals surface area contributed by atoms with E-state index in [9.17, 15) is 31.1 Å². The molecule has 3 aromatic carbocycles. The van der Waals surface area contributed by atoms with Crippen molar-refractivity contribution < 1.29 is 40.6 Å². The van der Waals surface area contributed by atoms with Crippen LogP contribution in [0.2, 0.25) is 0 Å². The number of amidine groups is 1. The number of carbonyl (C=O) groups is 1. The summed E-state index contributed by atoms with van der Waals surface area (Å²) in [6.07, 6.45) is -6.57. The molecule has 1 fully saturated rings. The molecule has 0 saturated carbocycles. The summed E-state index contributed by atoms with van der Waals surface area (Å²) in [6, 6.07) is 11.9. The van der Waals surface area contributed by atoms with Crippen LogP contribution < -0.4 is 9.47 Å². The van der Waals surface area contributed by atoms with Crippen LogP contribution in [0.3, 0.4) is 0 Å². The van der Waals surface area contributed by atoms with Gasteiger partial charge in [-0.3, -0.25) is 4.79 Å². The number of methoxy groups -OCH3 is 1. The molecule has 3 heterocycles. The lowest BCUT2D eigenvalue weighted by Crippen LogP contribution is -2.28. The minimum atomic E-state index is -5.02. The number of alkyl halides is 6. The first-order valence-electron chi connectivity index (χ1n) is 14.1. The van der Waals surface area contributed by atoms with Crippen LogP contribution in [0, 0.1) is 6.92 Å². The van der Waals surface area contributed by atoms with Gasteiger partial charge < -0.3 is 19.4 Å². The van der Waals surface area contributed by atoms with Gasteiger partial charge in [0.2, 0.25) is 0 Å². The Morgan fingerprint density at radius 1 is 1.02 bits per heavy atom. The molecule has 1 N–H and O–H groups in total. The van der Waals surface area contributed by atoms with E-state index in [1.807, 2.05) is 25.1 Å². The van der Waals surface area contributed by atoms with E-state index in [0.29, 0.717) is 28.2 Å². The number of likely N-dealkylation sites (tertiary alicyclic amines) is 1. The molecule has 0 radical (unpaired) electrons. The fraction of sp³-hybridized carbons (Fsp3) is 0.281. The van der Waals surface area contributed by atoms with Crippen molar-refractivity contribution in [2.75, 3.05) is 13.7 Å². The predicted octanol–water partition coefficient (Wildman–Crippen LogP) is 8.30. The summed E-state index contributed by atoms with van der Waals surface area (Å²) in [5, 5.41) is 0.569. The Bertz CT molecular complexity index is 1880. The number of hydrogen-bond acceptors (Lipinski definition) is 6. The SMILES string of the molecule is COc1cc(/C=C2/SC(N3CCCC3c3nc4ccc(C)cc4[nH]3)=NC2=O)ccc1OCc1ccc(C(F)(F)F)cc1C(F)(F)F. The second kappa shape index (κ2) is 12.0. The number of imidazole rings is 1. The van der Waals surface area contributed by atoms with Gasteiger partial charge in [0.25, 0.3) is 5.91 Å². The molecular weight excluding hydrogens is 634 g/mol. The number of halogens is 6. The zero-order valence-corrected chi connectivity index (χ0v) is 25.2. The number of fused-ring (bicyclic) bond motifs is 1. The van der Waals surface area contributed by atoms with Crippen LogP contribution in [0.15, 0.2) is 64.5 Å². The van der Waals surface area contributed by atoms with Crippen molar-refractivity contribution in [1.82, 2.24) is 14.9 Å². The van der Waals surface area contributed by atoms with Gasteiger partial charge in [-0.25, -0.2) is 4.98 Å². The van der Waals surface area contributed by atoms with Gasteiger partial charge in [0.05, 0.1) is 40.2 Å². The first-order valence-corrected chi connectivity index (χ1v) is 15.0. The van der Waals surface area contributed by atoms with Crippen LogP contribution in [0.1, 0.15) is 52.5 Å². The molecule has 1 saturated heterocycles. The lowest BCUT2D eigenvalue weighted by Gasteiger charge is -2.23. The lowest BCUT2D eigenvalue weighted by molar-refractivity contribution is -0.143. The molecule has 1 unspecified atom stereocenters. The van der Waals surface area contributed by atoms with E-state index in [1.165, 1.54) is 24.9 Å². The van der Waals surface area contributed by atoms with Crippen molar-refractivity contribution >= 4 is 39.9 Å². The van der Waals surface area contributed by atoms with Crippen LogP contribution >= 0.6 is 11.8 Å². The molecule has 7 nitrogen and oxygen atoms in total. The molecule has 2 aliphatic rings. The second-order valence-corrected chi connectivity index (χ2v) is 11.9. The number of aliphatic imine (C=N–C) groups is 1. The van der Waals surface area contributed by atoms with Crippen LogP contribution in [0.5, 0.6) is 11.5 Å². The fourth-order valence-corrected chi connectivity index (χ4v) is 6.43. The van der Waals surface area contributed by atoms with Gasteiger partial charge in [0.15, 0.2) is 16.7 Å². The standard InChI is InChI=1S/C32H26F6N4O3S/c1-17-5-9-22-23(12-17)40-28(39-22)24-4-3-11-42(24)30-41-29(43)27(46-30)14-18-6-10-25(26(13-18)44-2)45-16-19-7-8-20(31(33,34)35)15-21(19)32(36,37)38/h5-10,12-15,24H,3-4,11,16H2,1-2H3,(H,39,40)/b27-14+. The van der Waals surface area contributed by atoms with Gasteiger partial charge >= 0.3 is 12.4 Å². The summed E-state index contributed by atoms with van der Waals surface area (Å²) in [5.41, 5.74) is 0.165. The van der Waals surface area contributed by atoms with Crippen molar-refractivity contribution in [3.63, 3.8) is 0 Å². The largest absolute Gasteiger partial charge is 0.493 e. The Hall–Kier alpha value is -4.46. The molecular formula is C32H26F6N4O3S. The molecule has 2 aliphatic heterocycles. The monoisotopic (exact) mass is 660 g/mol. The Balaban J connectivity index is 1.17. The summed E-state index contributed by atoms with van der Waals surface area (Å²) >= 11 is 1.24. The minimum absolute atomic E-state index is 0.0647. The molecule has 1 aromatic heterocycles.